The normalized spacial score (nSPS) is 10.8. The van der Waals surface area contributed by atoms with Gasteiger partial charge in [0.1, 0.15) is 0 Å². The van der Waals surface area contributed by atoms with Crippen molar-refractivity contribution in [3.05, 3.63) is 26.4 Å². The zero-order valence-electron chi connectivity index (χ0n) is 6.34. The van der Waals surface area contributed by atoms with Gasteiger partial charge in [0.25, 0.3) is 5.56 Å². The van der Waals surface area contributed by atoms with Crippen LogP contribution >= 0.6 is 22.6 Å². The number of rotatable bonds is 0. The molecule has 2 aromatic heterocycles. The van der Waals surface area contributed by atoms with Crippen LogP contribution in [0.3, 0.4) is 0 Å². The number of fused-ring (bicyclic) bond motifs is 1. The molecule has 2 rings (SSSR count). The van der Waals surface area contributed by atoms with E-state index in [1.165, 1.54) is 0 Å². The van der Waals surface area contributed by atoms with Gasteiger partial charge in [-0.2, -0.15) is 0 Å². The van der Waals surface area contributed by atoms with Crippen molar-refractivity contribution in [2.24, 2.45) is 7.05 Å². The Morgan fingerprint density at radius 3 is 3.08 bits per heavy atom. The average molecular weight is 275 g/mol. The molecule has 62 valence electrons. The van der Waals surface area contributed by atoms with Gasteiger partial charge < -0.3 is 9.55 Å². The van der Waals surface area contributed by atoms with Gasteiger partial charge in [0, 0.05) is 13.2 Å². The number of aromatic nitrogens is 3. The highest BCUT2D eigenvalue weighted by atomic mass is 127. The highest BCUT2D eigenvalue weighted by Crippen LogP contribution is 2.13. The van der Waals surface area contributed by atoms with Gasteiger partial charge in [-0.1, -0.05) is 0 Å². The monoisotopic (exact) mass is 275 g/mol. The molecule has 4 nitrogen and oxygen atoms in total. The molecule has 1 N–H and O–H groups in total. The van der Waals surface area contributed by atoms with E-state index in [2.05, 4.69) is 32.6 Å². The molecule has 12 heavy (non-hydrogen) atoms. The first-order chi connectivity index (χ1) is 5.70. The number of pyridine rings is 1. The SMILES string of the molecule is Cn1cnc2c(=O)[nH]cc(I)c21. The Bertz CT molecular complexity index is 485. The van der Waals surface area contributed by atoms with E-state index >= 15 is 0 Å². The predicted molar refractivity (Wildman–Crippen MR) is 54.1 cm³/mol. The number of aryl methyl sites for hydroxylation is 1. The lowest BCUT2D eigenvalue weighted by Gasteiger charge is -1.95. The van der Waals surface area contributed by atoms with Gasteiger partial charge >= 0.3 is 0 Å². The van der Waals surface area contributed by atoms with Gasteiger partial charge in [-0.05, 0) is 22.6 Å². The summed E-state index contributed by atoms with van der Waals surface area (Å²) in [6, 6.07) is 0. The third-order valence-electron chi connectivity index (χ3n) is 1.71. The maximum absolute atomic E-state index is 11.2. The molecule has 0 saturated carbocycles. The molecule has 0 atom stereocenters. The summed E-state index contributed by atoms with van der Waals surface area (Å²) in [6.07, 6.45) is 3.33. The lowest BCUT2D eigenvalue weighted by atomic mass is 10.4. The average Bonchev–Trinajstić information content (AvgIpc) is 2.42. The van der Waals surface area contributed by atoms with E-state index in [9.17, 15) is 4.79 Å². The van der Waals surface area contributed by atoms with E-state index in [1.54, 1.807) is 12.5 Å². The number of imidazole rings is 1. The van der Waals surface area contributed by atoms with Crippen LogP contribution in [0.4, 0.5) is 0 Å². The second-order valence-corrected chi connectivity index (χ2v) is 3.68. The zero-order chi connectivity index (χ0) is 8.72. The first kappa shape index (κ1) is 7.78. The van der Waals surface area contributed by atoms with E-state index < -0.39 is 0 Å². The van der Waals surface area contributed by atoms with Crippen LogP contribution in [0, 0.1) is 3.57 Å². The van der Waals surface area contributed by atoms with Crippen molar-refractivity contribution in [1.29, 1.82) is 0 Å². The number of halogens is 1. The topological polar surface area (TPSA) is 50.7 Å². The number of H-pyrrole nitrogens is 1. The Balaban J connectivity index is 3.09. The van der Waals surface area contributed by atoms with Crippen molar-refractivity contribution in [1.82, 2.24) is 14.5 Å². The Kier molecular flexibility index (Phi) is 1.67. The molecule has 0 fully saturated rings. The number of nitrogens with zero attached hydrogens (tertiary/aromatic N) is 2. The molecule has 0 unspecified atom stereocenters. The van der Waals surface area contributed by atoms with Crippen molar-refractivity contribution in [2.75, 3.05) is 0 Å². The van der Waals surface area contributed by atoms with Gasteiger partial charge in [-0.15, -0.1) is 0 Å². The minimum Gasteiger partial charge on any atom is -0.333 e. The minimum absolute atomic E-state index is 0.133. The molecular weight excluding hydrogens is 269 g/mol. The smallest absolute Gasteiger partial charge is 0.276 e. The lowest BCUT2D eigenvalue weighted by molar-refractivity contribution is 0.945. The Hall–Kier alpha value is -0.850. The highest BCUT2D eigenvalue weighted by Gasteiger charge is 2.06. The molecule has 5 heteroatoms. The molecule has 2 aromatic rings. The molecule has 0 aliphatic rings. The third kappa shape index (κ3) is 0.961. The number of aromatic amines is 1. The Labute approximate surface area is 81.8 Å². The summed E-state index contributed by atoms with van der Waals surface area (Å²) >= 11 is 2.17. The van der Waals surface area contributed by atoms with Crippen LogP contribution < -0.4 is 5.56 Å². The number of nitrogens with one attached hydrogen (secondary N) is 1. The van der Waals surface area contributed by atoms with E-state index in [4.69, 9.17) is 0 Å². The fraction of sp³-hybridized carbons (Fsp3) is 0.143. The van der Waals surface area contributed by atoms with Crippen LogP contribution in [-0.2, 0) is 7.05 Å². The van der Waals surface area contributed by atoms with E-state index in [1.807, 2.05) is 11.6 Å². The second-order valence-electron chi connectivity index (χ2n) is 2.52. The van der Waals surface area contributed by atoms with Crippen LogP contribution in [0.2, 0.25) is 0 Å². The summed E-state index contributed by atoms with van der Waals surface area (Å²) < 4.78 is 2.84. The largest absolute Gasteiger partial charge is 0.333 e. The van der Waals surface area contributed by atoms with Crippen LogP contribution in [0.1, 0.15) is 0 Å². The fourth-order valence-electron chi connectivity index (χ4n) is 1.14. The van der Waals surface area contributed by atoms with Crippen LogP contribution in [0.15, 0.2) is 17.3 Å². The summed E-state index contributed by atoms with van der Waals surface area (Å²) in [5.74, 6) is 0. The molecule has 0 spiro atoms. The summed E-state index contributed by atoms with van der Waals surface area (Å²) in [4.78, 5) is 17.8. The second kappa shape index (κ2) is 2.58. The molecule has 2 heterocycles. The zero-order valence-corrected chi connectivity index (χ0v) is 8.49. The highest BCUT2D eigenvalue weighted by molar-refractivity contribution is 14.1. The minimum atomic E-state index is -0.133. The van der Waals surface area contributed by atoms with Crippen molar-refractivity contribution in [2.45, 2.75) is 0 Å². The van der Waals surface area contributed by atoms with E-state index in [0.717, 1.165) is 9.09 Å². The third-order valence-corrected chi connectivity index (χ3v) is 2.53. The van der Waals surface area contributed by atoms with E-state index in [-0.39, 0.29) is 5.56 Å². The van der Waals surface area contributed by atoms with Gasteiger partial charge in [0.15, 0.2) is 5.52 Å². The number of hydrogen-bond acceptors (Lipinski definition) is 2. The van der Waals surface area contributed by atoms with Gasteiger partial charge in [-0.25, -0.2) is 4.98 Å². The summed E-state index contributed by atoms with van der Waals surface area (Å²) in [7, 11) is 1.87. The Morgan fingerprint density at radius 1 is 1.67 bits per heavy atom. The summed E-state index contributed by atoms with van der Waals surface area (Å²) in [5, 5.41) is 0. The molecule has 0 aromatic carbocycles. The van der Waals surface area contributed by atoms with Crippen molar-refractivity contribution in [3.8, 4) is 0 Å². The predicted octanol–water partition coefficient (Wildman–Crippen LogP) is 0.866. The Morgan fingerprint density at radius 2 is 2.42 bits per heavy atom. The quantitative estimate of drug-likeness (QED) is 0.725. The summed E-state index contributed by atoms with van der Waals surface area (Å²) in [5.41, 5.74) is 1.26. The van der Waals surface area contributed by atoms with Crippen molar-refractivity contribution >= 4 is 33.6 Å². The van der Waals surface area contributed by atoms with Gasteiger partial charge in [-0.3, -0.25) is 4.79 Å². The van der Waals surface area contributed by atoms with Gasteiger partial charge in [0.2, 0.25) is 0 Å². The van der Waals surface area contributed by atoms with Crippen molar-refractivity contribution in [3.63, 3.8) is 0 Å². The van der Waals surface area contributed by atoms with Crippen LogP contribution in [0.25, 0.3) is 11.0 Å². The van der Waals surface area contributed by atoms with Crippen LogP contribution in [-0.4, -0.2) is 14.5 Å². The van der Waals surface area contributed by atoms with E-state index in [0.29, 0.717) is 5.52 Å². The molecule has 0 radical (unpaired) electrons. The van der Waals surface area contributed by atoms with Gasteiger partial charge in [0.05, 0.1) is 15.4 Å². The van der Waals surface area contributed by atoms with Crippen LogP contribution in [0.5, 0.6) is 0 Å². The first-order valence-electron chi connectivity index (χ1n) is 3.38. The maximum atomic E-state index is 11.2. The fourth-order valence-corrected chi connectivity index (χ4v) is 1.94. The molecule has 0 bridgehead atoms. The lowest BCUT2D eigenvalue weighted by Crippen LogP contribution is -2.06. The summed E-state index contributed by atoms with van der Waals surface area (Å²) in [6.45, 7) is 0. The molecule has 0 aliphatic carbocycles. The van der Waals surface area contributed by atoms with Crippen molar-refractivity contribution < 1.29 is 0 Å². The first-order valence-corrected chi connectivity index (χ1v) is 4.46. The maximum Gasteiger partial charge on any atom is 0.276 e. The molecular formula is C7H6IN3O. The standard InChI is InChI=1S/C7H6IN3O/c1-11-3-10-5-6(11)4(8)2-9-7(5)12/h2-3H,1H3,(H,9,12). The molecule has 0 amide bonds. The molecule has 0 saturated heterocycles. The molecule has 0 aliphatic heterocycles. The number of hydrogen-bond donors (Lipinski definition) is 1.